The lowest BCUT2D eigenvalue weighted by molar-refractivity contribution is 0.290. The summed E-state index contributed by atoms with van der Waals surface area (Å²) in [7, 11) is 0. The molecular weight excluding hydrogens is 134 g/mol. The van der Waals surface area contributed by atoms with Gasteiger partial charge in [0.25, 0.3) is 0 Å². The second kappa shape index (κ2) is 3.91. The van der Waals surface area contributed by atoms with Crippen molar-refractivity contribution in [2.45, 2.75) is 39.2 Å². The van der Waals surface area contributed by atoms with Crippen LogP contribution >= 0.6 is 0 Å². The van der Waals surface area contributed by atoms with Gasteiger partial charge in [0.15, 0.2) is 0 Å². The first kappa shape index (κ1) is 8.79. The van der Waals surface area contributed by atoms with Crippen LogP contribution < -0.4 is 0 Å². The van der Waals surface area contributed by atoms with Gasteiger partial charge in [0.2, 0.25) is 0 Å². The molecule has 1 fully saturated rings. The summed E-state index contributed by atoms with van der Waals surface area (Å²) in [6.07, 6.45) is 3.87. The first-order valence-electron chi connectivity index (χ1n) is 4.64. The van der Waals surface area contributed by atoms with E-state index >= 15 is 0 Å². The molecule has 1 heteroatoms. The maximum atomic E-state index is 4.03. The van der Waals surface area contributed by atoms with E-state index in [1.54, 1.807) is 0 Å². The lowest BCUT2D eigenvalue weighted by Gasteiger charge is -2.21. The van der Waals surface area contributed by atoms with E-state index in [9.17, 15) is 0 Å². The van der Waals surface area contributed by atoms with Crippen LogP contribution in [-0.4, -0.2) is 24.0 Å². The fraction of sp³-hybridized carbons (Fsp3) is 0.800. The van der Waals surface area contributed by atoms with Crippen molar-refractivity contribution in [3.63, 3.8) is 0 Å². The molecule has 64 valence electrons. The third-order valence-electron chi connectivity index (χ3n) is 2.62. The highest BCUT2D eigenvalue weighted by Gasteiger charge is 2.19. The topological polar surface area (TPSA) is 3.24 Å². The normalized spacial score (nSPS) is 25.8. The average Bonchev–Trinajstić information content (AvgIpc) is 2.37. The van der Waals surface area contributed by atoms with Gasteiger partial charge >= 0.3 is 0 Å². The monoisotopic (exact) mass is 153 g/mol. The minimum absolute atomic E-state index is 0.790. The van der Waals surface area contributed by atoms with E-state index < -0.39 is 0 Å². The molecule has 0 spiro atoms. The van der Waals surface area contributed by atoms with Crippen molar-refractivity contribution in [2.75, 3.05) is 13.1 Å². The van der Waals surface area contributed by atoms with Gasteiger partial charge in [-0.1, -0.05) is 19.1 Å². The summed E-state index contributed by atoms with van der Waals surface area (Å²) in [6, 6.07) is 0.790. The van der Waals surface area contributed by atoms with E-state index in [1.807, 2.05) is 0 Å². The van der Waals surface area contributed by atoms with Crippen molar-refractivity contribution < 1.29 is 0 Å². The molecule has 1 atom stereocenters. The molecule has 0 aliphatic carbocycles. The molecular formula is C10H19N. The van der Waals surface area contributed by atoms with Crippen LogP contribution in [0.4, 0.5) is 0 Å². The molecule has 0 radical (unpaired) electrons. The van der Waals surface area contributed by atoms with Crippen molar-refractivity contribution in [1.29, 1.82) is 0 Å². The number of nitrogens with zero attached hydrogens (tertiary/aromatic N) is 1. The van der Waals surface area contributed by atoms with E-state index in [4.69, 9.17) is 0 Å². The van der Waals surface area contributed by atoms with Crippen molar-refractivity contribution >= 4 is 0 Å². The van der Waals surface area contributed by atoms with Gasteiger partial charge in [0, 0.05) is 12.6 Å². The molecule has 0 saturated carbocycles. The first-order chi connectivity index (χ1) is 5.24. The third kappa shape index (κ3) is 2.33. The van der Waals surface area contributed by atoms with Crippen molar-refractivity contribution in [2.24, 2.45) is 0 Å². The summed E-state index contributed by atoms with van der Waals surface area (Å²) in [5.74, 6) is 0. The quantitative estimate of drug-likeness (QED) is 0.563. The summed E-state index contributed by atoms with van der Waals surface area (Å²) in [5, 5.41) is 0. The van der Waals surface area contributed by atoms with E-state index in [-0.39, 0.29) is 0 Å². The molecule has 1 aliphatic rings. The van der Waals surface area contributed by atoms with Crippen LogP contribution in [0.1, 0.15) is 33.1 Å². The summed E-state index contributed by atoms with van der Waals surface area (Å²) in [5.41, 5.74) is 1.37. The Balaban J connectivity index is 2.30. The predicted molar refractivity (Wildman–Crippen MR) is 49.7 cm³/mol. The van der Waals surface area contributed by atoms with Crippen LogP contribution in [0, 0.1) is 0 Å². The largest absolute Gasteiger partial charge is 0.297 e. The molecule has 0 N–H and O–H groups in total. The van der Waals surface area contributed by atoms with Gasteiger partial charge in [-0.2, -0.15) is 0 Å². The van der Waals surface area contributed by atoms with Crippen LogP contribution in [-0.2, 0) is 0 Å². The Bertz CT molecular complexity index is 140. The standard InChI is InChI=1S/C10H19N/c1-4-9(2)8-11-7-5-6-10(11)3/h10H,2,4-8H2,1,3H3. The summed E-state index contributed by atoms with van der Waals surface area (Å²) in [6.45, 7) is 10.9. The van der Waals surface area contributed by atoms with Gasteiger partial charge in [-0.05, 0) is 32.7 Å². The van der Waals surface area contributed by atoms with Crippen molar-refractivity contribution in [3.05, 3.63) is 12.2 Å². The lowest BCUT2D eigenvalue weighted by atomic mass is 10.2. The highest BCUT2D eigenvalue weighted by molar-refractivity contribution is 4.97. The molecule has 0 aromatic rings. The molecule has 1 nitrogen and oxygen atoms in total. The molecule has 1 rings (SSSR count). The Kier molecular flexibility index (Phi) is 3.13. The minimum Gasteiger partial charge on any atom is -0.297 e. The fourth-order valence-corrected chi connectivity index (χ4v) is 1.63. The fourth-order valence-electron chi connectivity index (χ4n) is 1.63. The second-order valence-corrected chi connectivity index (χ2v) is 3.57. The zero-order valence-corrected chi connectivity index (χ0v) is 7.77. The smallest absolute Gasteiger partial charge is 0.0192 e. The Morgan fingerprint density at radius 1 is 1.64 bits per heavy atom. The van der Waals surface area contributed by atoms with Gasteiger partial charge in [-0.15, -0.1) is 0 Å². The SMILES string of the molecule is C=C(CC)CN1CCCC1C. The third-order valence-corrected chi connectivity index (χ3v) is 2.62. The van der Waals surface area contributed by atoms with E-state index in [0.717, 1.165) is 19.0 Å². The Morgan fingerprint density at radius 3 is 2.82 bits per heavy atom. The molecule has 0 aromatic carbocycles. The zero-order valence-electron chi connectivity index (χ0n) is 7.77. The second-order valence-electron chi connectivity index (χ2n) is 3.57. The highest BCUT2D eigenvalue weighted by Crippen LogP contribution is 2.17. The molecule has 1 aliphatic heterocycles. The average molecular weight is 153 g/mol. The van der Waals surface area contributed by atoms with Gasteiger partial charge in [-0.3, -0.25) is 4.90 Å². The van der Waals surface area contributed by atoms with Crippen molar-refractivity contribution in [1.82, 2.24) is 4.90 Å². The molecule has 0 bridgehead atoms. The maximum absolute atomic E-state index is 4.03. The molecule has 0 amide bonds. The van der Waals surface area contributed by atoms with Gasteiger partial charge in [0.05, 0.1) is 0 Å². The summed E-state index contributed by atoms with van der Waals surface area (Å²) < 4.78 is 0. The number of likely N-dealkylation sites (tertiary alicyclic amines) is 1. The molecule has 1 heterocycles. The first-order valence-corrected chi connectivity index (χ1v) is 4.64. The molecule has 1 saturated heterocycles. The molecule has 1 unspecified atom stereocenters. The molecule has 11 heavy (non-hydrogen) atoms. The van der Waals surface area contributed by atoms with Crippen LogP contribution in [0.5, 0.6) is 0 Å². The van der Waals surface area contributed by atoms with Gasteiger partial charge in [-0.25, -0.2) is 0 Å². The number of hydrogen-bond acceptors (Lipinski definition) is 1. The van der Waals surface area contributed by atoms with Crippen LogP contribution in [0.25, 0.3) is 0 Å². The highest BCUT2D eigenvalue weighted by atomic mass is 15.2. The van der Waals surface area contributed by atoms with E-state index in [2.05, 4.69) is 25.3 Å². The van der Waals surface area contributed by atoms with E-state index in [1.165, 1.54) is 25.0 Å². The van der Waals surface area contributed by atoms with Gasteiger partial charge < -0.3 is 0 Å². The number of hydrogen-bond donors (Lipinski definition) is 0. The van der Waals surface area contributed by atoms with Gasteiger partial charge in [0.1, 0.15) is 0 Å². The minimum atomic E-state index is 0.790. The zero-order chi connectivity index (χ0) is 8.27. The lowest BCUT2D eigenvalue weighted by Crippen LogP contribution is -2.28. The maximum Gasteiger partial charge on any atom is 0.0192 e. The van der Waals surface area contributed by atoms with Crippen molar-refractivity contribution in [3.8, 4) is 0 Å². The molecule has 0 aromatic heterocycles. The summed E-state index contributed by atoms with van der Waals surface area (Å²) >= 11 is 0. The Morgan fingerprint density at radius 2 is 2.36 bits per heavy atom. The van der Waals surface area contributed by atoms with E-state index in [0.29, 0.717) is 0 Å². The Labute approximate surface area is 70.1 Å². The number of rotatable bonds is 3. The Hall–Kier alpha value is -0.300. The summed E-state index contributed by atoms with van der Waals surface area (Å²) in [4.78, 5) is 2.53. The predicted octanol–water partition coefficient (Wildman–Crippen LogP) is 2.44. The van der Waals surface area contributed by atoms with Crippen LogP contribution in [0.15, 0.2) is 12.2 Å². The van der Waals surface area contributed by atoms with Crippen LogP contribution in [0.3, 0.4) is 0 Å². The van der Waals surface area contributed by atoms with Crippen LogP contribution in [0.2, 0.25) is 0 Å².